The lowest BCUT2D eigenvalue weighted by Gasteiger charge is -1.95. The van der Waals surface area contributed by atoms with Crippen molar-refractivity contribution in [2.45, 2.75) is 0 Å². The molecule has 0 radical (unpaired) electrons. The summed E-state index contributed by atoms with van der Waals surface area (Å²) >= 11 is 0. The molecule has 6 heteroatoms. The second-order valence-electron chi connectivity index (χ2n) is 2.82. The number of hydrogen-bond donors (Lipinski definition) is 2. The Bertz CT molecular complexity index is 479. The van der Waals surface area contributed by atoms with E-state index in [0.29, 0.717) is 0 Å². The van der Waals surface area contributed by atoms with E-state index in [-0.39, 0.29) is 22.6 Å². The first-order valence-corrected chi connectivity index (χ1v) is 3.83. The van der Waals surface area contributed by atoms with E-state index < -0.39 is 10.8 Å². The van der Waals surface area contributed by atoms with Crippen molar-refractivity contribution in [2.24, 2.45) is 5.73 Å². The van der Waals surface area contributed by atoms with E-state index in [1.165, 1.54) is 18.2 Å². The fourth-order valence-corrected chi connectivity index (χ4v) is 1.42. The fraction of sp³-hybridized carbons (Fsp3) is 0. The van der Waals surface area contributed by atoms with Gasteiger partial charge in [-0.25, -0.2) is 9.79 Å². The minimum atomic E-state index is -0.564. The zero-order valence-electron chi connectivity index (χ0n) is 6.98. The summed E-state index contributed by atoms with van der Waals surface area (Å²) in [6, 6.07) is 4.26. The summed E-state index contributed by atoms with van der Waals surface area (Å²) in [6.07, 6.45) is 0. The maximum absolute atomic E-state index is 11.2. The second-order valence-corrected chi connectivity index (χ2v) is 2.82. The van der Waals surface area contributed by atoms with Crippen LogP contribution in [0, 0.1) is 10.1 Å². The lowest BCUT2D eigenvalue weighted by atomic mass is 10.1. The molecule has 3 N–H and O–H groups in total. The molecule has 0 aromatic heterocycles. The summed E-state index contributed by atoms with van der Waals surface area (Å²) in [5.41, 5.74) is 5.73. The molecule has 1 aliphatic heterocycles. The average molecular weight is 192 g/mol. The molecule has 14 heavy (non-hydrogen) atoms. The van der Waals surface area contributed by atoms with Gasteiger partial charge in [-0.05, 0) is 6.07 Å². The number of nitrogen functional groups attached to an aromatic ring is 1. The van der Waals surface area contributed by atoms with Crippen molar-refractivity contribution in [3.63, 3.8) is 0 Å². The number of amides is 1. The van der Waals surface area contributed by atoms with Gasteiger partial charge >= 0.3 is 5.91 Å². The quantitative estimate of drug-likeness (QED) is 0.419. The molecule has 2 rings (SSSR count). The number of amidine groups is 1. The molecule has 1 aromatic carbocycles. The predicted molar refractivity (Wildman–Crippen MR) is 46.7 cm³/mol. The van der Waals surface area contributed by atoms with Crippen LogP contribution >= 0.6 is 0 Å². The Kier molecular flexibility index (Phi) is 1.57. The summed E-state index contributed by atoms with van der Waals surface area (Å²) < 4.78 is 0. The Morgan fingerprint density at radius 1 is 1.43 bits per heavy atom. The van der Waals surface area contributed by atoms with E-state index in [1.807, 2.05) is 0 Å². The number of rotatable bonds is 1. The number of carbonyl (C=O) groups is 1. The van der Waals surface area contributed by atoms with Crippen molar-refractivity contribution in [1.82, 2.24) is 0 Å². The minimum absolute atomic E-state index is 0.0392. The summed E-state index contributed by atoms with van der Waals surface area (Å²) in [7, 11) is 0. The number of nitro groups is 1. The molecule has 0 atom stereocenters. The van der Waals surface area contributed by atoms with Gasteiger partial charge in [0.05, 0.1) is 10.5 Å². The third kappa shape index (κ3) is 0.972. The Labute approximate surface area is 78.2 Å². The van der Waals surface area contributed by atoms with Gasteiger partial charge in [-0.3, -0.25) is 15.8 Å². The molecule has 0 saturated carbocycles. The van der Waals surface area contributed by atoms with Gasteiger partial charge in [0.25, 0.3) is 11.5 Å². The SMILES string of the molecule is NC1=[NH+]C(=O)c2cccc([N+](=O)[O-])c21. The van der Waals surface area contributed by atoms with Crippen molar-refractivity contribution in [3.05, 3.63) is 39.4 Å². The molecule has 1 amide bonds. The number of nitro benzene ring substituents is 1. The third-order valence-electron chi connectivity index (χ3n) is 2.00. The van der Waals surface area contributed by atoms with Crippen molar-refractivity contribution < 1.29 is 14.7 Å². The van der Waals surface area contributed by atoms with Crippen LogP contribution in [0.3, 0.4) is 0 Å². The van der Waals surface area contributed by atoms with Gasteiger partial charge < -0.3 is 0 Å². The molecule has 0 spiro atoms. The predicted octanol–water partition coefficient (Wildman–Crippen LogP) is -1.47. The highest BCUT2D eigenvalue weighted by Gasteiger charge is 2.33. The highest BCUT2D eigenvalue weighted by atomic mass is 16.6. The Hall–Kier alpha value is -2.24. The van der Waals surface area contributed by atoms with Crippen LogP contribution in [-0.4, -0.2) is 16.7 Å². The zero-order chi connectivity index (χ0) is 10.3. The monoisotopic (exact) mass is 192 g/mol. The third-order valence-corrected chi connectivity index (χ3v) is 2.00. The van der Waals surface area contributed by atoms with Gasteiger partial charge in [-0.2, -0.15) is 0 Å². The van der Waals surface area contributed by atoms with Crippen LogP contribution in [0.25, 0.3) is 0 Å². The number of hydrogen-bond acceptors (Lipinski definition) is 4. The summed E-state index contributed by atoms with van der Waals surface area (Å²) in [5.74, 6) is -0.362. The van der Waals surface area contributed by atoms with Crippen LogP contribution in [0.15, 0.2) is 18.2 Å². The summed E-state index contributed by atoms with van der Waals surface area (Å²) in [4.78, 5) is 23.6. The van der Waals surface area contributed by atoms with Crippen LogP contribution in [0.5, 0.6) is 0 Å². The number of nitrogens with two attached hydrogens (primary N) is 1. The van der Waals surface area contributed by atoms with Crippen molar-refractivity contribution >= 4 is 17.4 Å². The maximum atomic E-state index is 11.2. The molecule has 70 valence electrons. The number of carbonyl (C=O) groups excluding carboxylic acids is 1. The molecule has 6 nitrogen and oxygen atoms in total. The molecule has 0 unspecified atom stereocenters. The highest BCUT2D eigenvalue weighted by molar-refractivity contribution is 6.12. The zero-order valence-corrected chi connectivity index (χ0v) is 6.98. The first-order chi connectivity index (χ1) is 6.61. The van der Waals surface area contributed by atoms with Crippen molar-refractivity contribution in [2.75, 3.05) is 0 Å². The van der Waals surface area contributed by atoms with Crippen LogP contribution < -0.4 is 10.7 Å². The number of nitrogens with one attached hydrogen (secondary N) is 1. The fourth-order valence-electron chi connectivity index (χ4n) is 1.42. The van der Waals surface area contributed by atoms with E-state index in [0.717, 1.165) is 0 Å². The lowest BCUT2D eigenvalue weighted by molar-refractivity contribution is -0.385. The lowest BCUT2D eigenvalue weighted by Crippen LogP contribution is -2.76. The van der Waals surface area contributed by atoms with E-state index >= 15 is 0 Å². The maximum Gasteiger partial charge on any atom is 0.340 e. The van der Waals surface area contributed by atoms with Gasteiger partial charge in [0, 0.05) is 6.07 Å². The second kappa shape index (κ2) is 2.63. The van der Waals surface area contributed by atoms with Crippen molar-refractivity contribution in [1.29, 1.82) is 0 Å². The number of fused-ring (bicyclic) bond motifs is 1. The number of nitrogens with zero attached hydrogens (tertiary/aromatic N) is 1. The van der Waals surface area contributed by atoms with Crippen LogP contribution in [0.1, 0.15) is 15.9 Å². The Morgan fingerprint density at radius 3 is 2.79 bits per heavy atom. The van der Waals surface area contributed by atoms with Gasteiger partial charge in [0.15, 0.2) is 5.56 Å². The molecule has 1 heterocycles. The summed E-state index contributed by atoms with van der Waals surface area (Å²) in [5, 5.41) is 10.6. The molecule has 0 fully saturated rings. The topological polar surface area (TPSA) is 100 Å². The van der Waals surface area contributed by atoms with Gasteiger partial charge in [-0.15, -0.1) is 0 Å². The highest BCUT2D eigenvalue weighted by Crippen LogP contribution is 2.21. The van der Waals surface area contributed by atoms with E-state index in [1.54, 1.807) is 0 Å². The average Bonchev–Trinajstić information content (AvgIpc) is 2.43. The minimum Gasteiger partial charge on any atom is -0.286 e. The molecule has 1 aliphatic rings. The van der Waals surface area contributed by atoms with Crippen molar-refractivity contribution in [3.8, 4) is 0 Å². The Balaban J connectivity index is 2.75. The Morgan fingerprint density at radius 2 is 2.14 bits per heavy atom. The first-order valence-electron chi connectivity index (χ1n) is 3.83. The van der Waals surface area contributed by atoms with E-state index in [2.05, 4.69) is 4.99 Å². The molecule has 0 bridgehead atoms. The normalized spacial score (nSPS) is 13.7. The molecular weight excluding hydrogens is 186 g/mol. The molecular formula is C8H6N3O3+. The standard InChI is InChI=1S/C8H5N3O3/c9-7-6-4(8(12)10-7)2-1-3-5(6)11(13)14/h1-3H,(H2,9,10,12)/p+1. The largest absolute Gasteiger partial charge is 0.340 e. The van der Waals surface area contributed by atoms with Gasteiger partial charge in [0.1, 0.15) is 0 Å². The smallest absolute Gasteiger partial charge is 0.286 e. The molecule has 0 saturated heterocycles. The molecule has 1 aromatic rings. The van der Waals surface area contributed by atoms with Crippen LogP contribution in [0.4, 0.5) is 5.69 Å². The first kappa shape index (κ1) is 8.36. The van der Waals surface area contributed by atoms with Crippen LogP contribution in [-0.2, 0) is 0 Å². The number of benzene rings is 1. The van der Waals surface area contributed by atoms with Gasteiger partial charge in [-0.1, -0.05) is 6.07 Å². The summed E-state index contributed by atoms with van der Waals surface area (Å²) in [6.45, 7) is 0. The van der Waals surface area contributed by atoms with Crippen LogP contribution in [0.2, 0.25) is 0 Å². The van der Waals surface area contributed by atoms with Gasteiger partial charge in [0.2, 0.25) is 0 Å². The van der Waals surface area contributed by atoms with E-state index in [9.17, 15) is 14.9 Å². The van der Waals surface area contributed by atoms with E-state index in [4.69, 9.17) is 5.73 Å². The molecule has 0 aliphatic carbocycles.